The van der Waals surface area contributed by atoms with Crippen LogP contribution in [0.5, 0.6) is 0 Å². The first-order valence-corrected chi connectivity index (χ1v) is 8.16. The normalized spacial score (nSPS) is 19.3. The molecule has 1 aliphatic heterocycles. The van der Waals surface area contributed by atoms with E-state index in [0.29, 0.717) is 11.8 Å². The number of aryl methyl sites for hydroxylation is 1. The van der Waals surface area contributed by atoms with Crippen molar-refractivity contribution in [3.05, 3.63) is 59.4 Å². The molecule has 2 N–H and O–H groups in total. The molecule has 0 saturated carbocycles. The SMILES string of the molecule is Cc1ccc(N2CC[C@](O)(OC(=O)NCc3cc(F)cc(F)c3)C2=O)cn1. The Bertz CT molecular complexity index is 855. The van der Waals surface area contributed by atoms with Crippen LogP contribution < -0.4 is 10.2 Å². The summed E-state index contributed by atoms with van der Waals surface area (Å²) in [6, 6.07) is 6.18. The molecule has 142 valence electrons. The van der Waals surface area contributed by atoms with Crippen LogP contribution in [-0.4, -0.2) is 34.4 Å². The number of benzene rings is 1. The molecule has 1 aliphatic rings. The highest BCUT2D eigenvalue weighted by atomic mass is 19.1. The van der Waals surface area contributed by atoms with Gasteiger partial charge in [0.1, 0.15) is 11.6 Å². The lowest BCUT2D eigenvalue weighted by Gasteiger charge is -2.22. The van der Waals surface area contributed by atoms with E-state index in [0.717, 1.165) is 17.8 Å². The van der Waals surface area contributed by atoms with Crippen molar-refractivity contribution < 1.29 is 28.2 Å². The molecule has 3 rings (SSSR count). The van der Waals surface area contributed by atoms with E-state index in [9.17, 15) is 23.5 Å². The standard InChI is InChI=1S/C18H17F2N3O4/c1-11-2-3-15(10-21-11)23-5-4-18(26,16(23)24)27-17(25)22-9-12-6-13(19)8-14(20)7-12/h2-3,6-8,10,26H,4-5,9H2,1H3,(H,22,25)/t18-/m0/s1. The highest BCUT2D eigenvalue weighted by Gasteiger charge is 2.49. The van der Waals surface area contributed by atoms with Crippen LogP contribution in [0.15, 0.2) is 36.5 Å². The first kappa shape index (κ1) is 18.7. The molecule has 0 radical (unpaired) electrons. The molecule has 0 unspecified atom stereocenters. The third-order valence-corrected chi connectivity index (χ3v) is 4.08. The second kappa shape index (κ2) is 7.28. The van der Waals surface area contributed by atoms with Gasteiger partial charge in [-0.25, -0.2) is 13.6 Å². The number of carbonyl (C=O) groups is 2. The molecule has 1 aromatic carbocycles. The minimum absolute atomic E-state index is 0.123. The van der Waals surface area contributed by atoms with Crippen molar-refractivity contribution in [2.24, 2.45) is 0 Å². The van der Waals surface area contributed by atoms with Gasteiger partial charge in [0.15, 0.2) is 0 Å². The summed E-state index contributed by atoms with van der Waals surface area (Å²) in [4.78, 5) is 29.7. The molecular weight excluding hydrogens is 360 g/mol. The van der Waals surface area contributed by atoms with Gasteiger partial charge in [0.25, 0.3) is 11.7 Å². The van der Waals surface area contributed by atoms with Crippen LogP contribution >= 0.6 is 0 Å². The smallest absolute Gasteiger partial charge is 0.407 e. The summed E-state index contributed by atoms with van der Waals surface area (Å²) in [6.45, 7) is 1.70. The van der Waals surface area contributed by atoms with E-state index in [2.05, 4.69) is 10.3 Å². The van der Waals surface area contributed by atoms with E-state index in [-0.39, 0.29) is 25.1 Å². The highest BCUT2D eigenvalue weighted by Crippen LogP contribution is 2.29. The van der Waals surface area contributed by atoms with Crippen molar-refractivity contribution in [2.75, 3.05) is 11.4 Å². The molecule has 1 fully saturated rings. The summed E-state index contributed by atoms with van der Waals surface area (Å²) in [5, 5.41) is 12.6. The van der Waals surface area contributed by atoms with Crippen LogP contribution in [0.1, 0.15) is 17.7 Å². The Morgan fingerprint density at radius 2 is 2.04 bits per heavy atom. The maximum atomic E-state index is 13.1. The van der Waals surface area contributed by atoms with Gasteiger partial charge in [-0.05, 0) is 36.8 Å². The van der Waals surface area contributed by atoms with E-state index in [1.807, 2.05) is 0 Å². The molecule has 1 saturated heterocycles. The fourth-order valence-electron chi connectivity index (χ4n) is 2.72. The zero-order valence-corrected chi connectivity index (χ0v) is 14.4. The second-order valence-electron chi connectivity index (χ2n) is 6.17. The number of hydrogen-bond donors (Lipinski definition) is 2. The number of nitrogens with zero attached hydrogens (tertiary/aromatic N) is 2. The van der Waals surface area contributed by atoms with Crippen LogP contribution in [0, 0.1) is 18.6 Å². The molecule has 2 heterocycles. The van der Waals surface area contributed by atoms with Gasteiger partial charge in [-0.2, -0.15) is 0 Å². The van der Waals surface area contributed by atoms with E-state index in [1.54, 1.807) is 19.1 Å². The molecule has 0 aliphatic carbocycles. The van der Waals surface area contributed by atoms with Crippen LogP contribution in [0.25, 0.3) is 0 Å². The van der Waals surface area contributed by atoms with Crippen LogP contribution in [0.3, 0.4) is 0 Å². The number of amides is 2. The minimum Gasteiger partial charge on any atom is -0.407 e. The van der Waals surface area contributed by atoms with Crippen molar-refractivity contribution in [1.82, 2.24) is 10.3 Å². The van der Waals surface area contributed by atoms with E-state index in [1.165, 1.54) is 11.1 Å². The second-order valence-corrected chi connectivity index (χ2v) is 6.17. The number of aliphatic hydroxyl groups is 1. The number of nitrogens with one attached hydrogen (secondary N) is 1. The third-order valence-electron chi connectivity index (χ3n) is 4.08. The fourth-order valence-corrected chi connectivity index (χ4v) is 2.72. The zero-order valence-electron chi connectivity index (χ0n) is 14.4. The molecule has 1 atom stereocenters. The Hall–Kier alpha value is -3.07. The fraction of sp³-hybridized carbons (Fsp3) is 0.278. The Balaban J connectivity index is 1.61. The summed E-state index contributed by atoms with van der Waals surface area (Å²) >= 11 is 0. The number of hydrogen-bond acceptors (Lipinski definition) is 5. The number of carbonyl (C=O) groups excluding carboxylic acids is 2. The zero-order chi connectivity index (χ0) is 19.6. The lowest BCUT2D eigenvalue weighted by Crippen LogP contribution is -2.46. The summed E-state index contributed by atoms with van der Waals surface area (Å²) in [5.74, 6) is -4.68. The molecule has 0 spiro atoms. The molecule has 2 amide bonds. The maximum Gasteiger partial charge on any atom is 0.410 e. The predicted molar refractivity (Wildman–Crippen MR) is 90.6 cm³/mol. The molecule has 9 heteroatoms. The first-order chi connectivity index (χ1) is 12.8. The van der Waals surface area contributed by atoms with Crippen LogP contribution in [-0.2, 0) is 16.1 Å². The lowest BCUT2D eigenvalue weighted by molar-refractivity contribution is -0.175. The number of ether oxygens (including phenoxy) is 1. The van der Waals surface area contributed by atoms with Crippen molar-refractivity contribution in [2.45, 2.75) is 25.7 Å². The van der Waals surface area contributed by atoms with Crippen molar-refractivity contribution in [3.63, 3.8) is 0 Å². The Labute approximate surface area is 153 Å². The summed E-state index contributed by atoms with van der Waals surface area (Å²) in [6.07, 6.45) is 0.276. The molecule has 2 aromatic rings. The molecule has 27 heavy (non-hydrogen) atoms. The maximum absolute atomic E-state index is 13.1. The van der Waals surface area contributed by atoms with Gasteiger partial charge in [0.05, 0.1) is 11.9 Å². The highest BCUT2D eigenvalue weighted by molar-refractivity contribution is 6.01. The number of rotatable bonds is 4. The topological polar surface area (TPSA) is 91.8 Å². The van der Waals surface area contributed by atoms with Gasteiger partial charge in [0.2, 0.25) is 0 Å². The van der Waals surface area contributed by atoms with Crippen LogP contribution in [0.4, 0.5) is 19.3 Å². The van der Waals surface area contributed by atoms with E-state index < -0.39 is 29.4 Å². The van der Waals surface area contributed by atoms with Gasteiger partial charge in [-0.15, -0.1) is 0 Å². The van der Waals surface area contributed by atoms with Gasteiger partial charge in [-0.1, -0.05) is 0 Å². The summed E-state index contributed by atoms with van der Waals surface area (Å²) in [7, 11) is 0. The van der Waals surface area contributed by atoms with Crippen molar-refractivity contribution >= 4 is 17.7 Å². The quantitative estimate of drug-likeness (QED) is 0.796. The summed E-state index contributed by atoms with van der Waals surface area (Å²) in [5.41, 5.74) is 1.41. The van der Waals surface area contributed by atoms with Gasteiger partial charge >= 0.3 is 6.09 Å². The molecule has 1 aromatic heterocycles. The Morgan fingerprint density at radius 3 is 2.67 bits per heavy atom. The lowest BCUT2D eigenvalue weighted by atomic mass is 10.2. The van der Waals surface area contributed by atoms with Gasteiger partial charge in [-0.3, -0.25) is 9.78 Å². The first-order valence-electron chi connectivity index (χ1n) is 8.16. The van der Waals surface area contributed by atoms with E-state index >= 15 is 0 Å². The minimum atomic E-state index is -2.32. The number of pyridine rings is 1. The number of alkyl carbamates (subject to hydrolysis) is 1. The Kier molecular flexibility index (Phi) is 5.04. The average molecular weight is 377 g/mol. The molecule has 7 nitrogen and oxygen atoms in total. The van der Waals surface area contributed by atoms with Crippen molar-refractivity contribution in [1.29, 1.82) is 0 Å². The monoisotopic (exact) mass is 377 g/mol. The third kappa shape index (κ3) is 4.20. The average Bonchev–Trinajstić information content (AvgIpc) is 2.88. The predicted octanol–water partition coefficient (Wildman–Crippen LogP) is 2.02. The largest absolute Gasteiger partial charge is 0.410 e. The van der Waals surface area contributed by atoms with Crippen molar-refractivity contribution in [3.8, 4) is 0 Å². The van der Waals surface area contributed by atoms with Crippen LogP contribution in [0.2, 0.25) is 0 Å². The number of halogens is 2. The van der Waals surface area contributed by atoms with E-state index in [4.69, 9.17) is 4.74 Å². The van der Waals surface area contributed by atoms with Gasteiger partial charge < -0.3 is 20.1 Å². The molecular formula is C18H17F2N3O4. The number of aromatic nitrogens is 1. The van der Waals surface area contributed by atoms with Gasteiger partial charge in [0, 0.05) is 31.3 Å². The number of anilines is 1. The molecule has 0 bridgehead atoms. The summed E-state index contributed by atoms with van der Waals surface area (Å²) < 4.78 is 31.2. The Morgan fingerprint density at radius 1 is 1.33 bits per heavy atom.